The van der Waals surface area contributed by atoms with Gasteiger partial charge in [0.05, 0.1) is 66.1 Å². The number of anilines is 2. The standard InChI is InChI=1S/C126H202N2O12/c1-11-21-27-33-39-45-51-57-63-69-85-131-115-99-111(100-116(132-86-70-64-58-52-46-40-34-28-22-12-2)123(115)139-89-73-67-61-55-49-43-37-31-25-15-5)125(129)127-113-95-107-91-103-77-75-79-105(119(103)135-81-17-7)93-109-97-114(98-110(122(109)138-84-20-10)94-106-80-76-78-104(120(106)136-82-18-8)92-108(96-113)121(107)137-83-19-9)128-126(130)112-101-117(133-87-71-65-59-53-47-41-35-29-23-13-3)124(140-90-74-68-62-56-50-44-38-32-26-16-6)118(102-112)134-88-72-66-60-54-48-42-36-30-24-14-4/h75-80,95-102H,11-74,81-94H2,1-10H3,(H,127,129)(H,128,130). The smallest absolute Gasteiger partial charge is 0.255 e. The quantitative estimate of drug-likeness (QED) is 0.0349. The van der Waals surface area contributed by atoms with E-state index in [4.69, 9.17) is 47.4 Å². The maximum Gasteiger partial charge on any atom is 0.255 e. The molecule has 0 aliphatic heterocycles. The Bertz CT molecular complexity index is 3720. The molecule has 0 unspecified atom stereocenters. The second-order valence-electron chi connectivity index (χ2n) is 40.9. The fraction of sp³-hybridized carbons (Fsp3) is 0.698. The van der Waals surface area contributed by atoms with Crippen LogP contribution in [-0.2, 0) is 25.7 Å². The van der Waals surface area contributed by atoms with Crippen molar-refractivity contribution in [3.8, 4) is 57.5 Å². The minimum absolute atomic E-state index is 0.277. The van der Waals surface area contributed by atoms with E-state index in [1.54, 1.807) is 0 Å². The van der Waals surface area contributed by atoms with E-state index in [2.05, 4.69) is 141 Å². The monoisotopic (exact) mass is 1940 g/mol. The second kappa shape index (κ2) is 78.7. The van der Waals surface area contributed by atoms with E-state index in [1.165, 1.54) is 308 Å². The lowest BCUT2D eigenvalue weighted by molar-refractivity contribution is 0.101. The van der Waals surface area contributed by atoms with Gasteiger partial charge in [-0.1, -0.05) is 452 Å². The summed E-state index contributed by atoms with van der Waals surface area (Å²) < 4.78 is 69.9. The largest absolute Gasteiger partial charge is 0.493 e. The molecule has 8 bridgehead atoms. The number of carbonyl (C=O) groups is 2. The summed E-state index contributed by atoms with van der Waals surface area (Å²) in [5.41, 5.74) is 9.69. The van der Waals surface area contributed by atoms with E-state index in [0.29, 0.717) is 149 Å². The van der Waals surface area contributed by atoms with Crippen molar-refractivity contribution in [2.75, 3.05) is 76.7 Å². The minimum Gasteiger partial charge on any atom is -0.493 e. The first-order valence-corrected chi connectivity index (χ1v) is 58.8. The Hall–Kier alpha value is -7.74. The highest BCUT2D eigenvalue weighted by Gasteiger charge is 2.28. The van der Waals surface area contributed by atoms with Crippen LogP contribution in [0.1, 0.15) is 545 Å². The predicted molar refractivity (Wildman–Crippen MR) is 593 cm³/mol. The second-order valence-corrected chi connectivity index (χ2v) is 40.9. The Balaban J connectivity index is 1.31. The van der Waals surface area contributed by atoms with E-state index >= 15 is 9.59 Å². The van der Waals surface area contributed by atoms with Crippen LogP contribution in [0, 0.1) is 0 Å². The van der Waals surface area contributed by atoms with Gasteiger partial charge < -0.3 is 58.0 Å². The number of nitrogens with one attached hydrogen (secondary N) is 2. The molecule has 0 atom stereocenters. The molecule has 0 saturated carbocycles. The molecule has 140 heavy (non-hydrogen) atoms. The lowest BCUT2D eigenvalue weighted by Crippen LogP contribution is -2.16. The van der Waals surface area contributed by atoms with E-state index in [1.807, 2.05) is 24.3 Å². The fourth-order valence-electron chi connectivity index (χ4n) is 19.5. The Morgan fingerprint density at radius 1 is 0.186 bits per heavy atom. The minimum atomic E-state index is -0.277. The first-order valence-electron chi connectivity index (χ1n) is 58.8. The van der Waals surface area contributed by atoms with Gasteiger partial charge in [-0.15, -0.1) is 0 Å². The van der Waals surface area contributed by atoms with Crippen LogP contribution in [-0.4, -0.2) is 77.9 Å². The molecule has 0 radical (unpaired) electrons. The van der Waals surface area contributed by atoms with Crippen molar-refractivity contribution in [1.29, 1.82) is 0 Å². The number of hydrogen-bond acceptors (Lipinski definition) is 12. The molecule has 2 amide bonds. The molecule has 0 heterocycles. The maximum atomic E-state index is 15.8. The van der Waals surface area contributed by atoms with Crippen LogP contribution < -0.4 is 58.0 Å². The van der Waals surface area contributed by atoms with Crippen molar-refractivity contribution >= 4 is 23.2 Å². The van der Waals surface area contributed by atoms with Crippen molar-refractivity contribution in [2.45, 2.75) is 506 Å². The summed E-state index contributed by atoms with van der Waals surface area (Å²) in [6.07, 6.45) is 78.3. The van der Waals surface area contributed by atoms with Gasteiger partial charge in [0.25, 0.3) is 11.8 Å². The molecule has 0 aromatic heterocycles. The van der Waals surface area contributed by atoms with Gasteiger partial charge in [-0.3, -0.25) is 9.59 Å². The van der Waals surface area contributed by atoms with Gasteiger partial charge in [-0.2, -0.15) is 0 Å². The van der Waals surface area contributed by atoms with E-state index in [9.17, 15) is 0 Å². The zero-order chi connectivity index (χ0) is 99.4. The van der Waals surface area contributed by atoms with Crippen LogP contribution in [0.25, 0.3) is 0 Å². The van der Waals surface area contributed by atoms with Gasteiger partial charge in [0.15, 0.2) is 23.0 Å². The zero-order valence-corrected chi connectivity index (χ0v) is 91.1. The van der Waals surface area contributed by atoms with Gasteiger partial charge in [0.1, 0.15) is 23.0 Å². The molecule has 1 aliphatic carbocycles. The number of fused-ring (bicyclic) bond motifs is 8. The fourth-order valence-corrected chi connectivity index (χ4v) is 19.5. The molecule has 0 spiro atoms. The van der Waals surface area contributed by atoms with Gasteiger partial charge in [-0.05, 0) is 135 Å². The topological polar surface area (TPSA) is 150 Å². The van der Waals surface area contributed by atoms with Crippen LogP contribution >= 0.6 is 0 Å². The van der Waals surface area contributed by atoms with Crippen molar-refractivity contribution in [1.82, 2.24) is 0 Å². The highest BCUT2D eigenvalue weighted by Crippen LogP contribution is 2.46. The molecule has 788 valence electrons. The summed E-state index contributed by atoms with van der Waals surface area (Å²) in [6.45, 7) is 27.4. The molecule has 0 saturated heterocycles. The van der Waals surface area contributed by atoms with Crippen molar-refractivity contribution in [3.63, 3.8) is 0 Å². The van der Waals surface area contributed by atoms with Crippen LogP contribution in [0.15, 0.2) is 84.9 Å². The molecule has 1 aliphatic rings. The lowest BCUT2D eigenvalue weighted by Gasteiger charge is -2.24. The van der Waals surface area contributed by atoms with E-state index in [0.717, 1.165) is 170 Å². The molecule has 2 N–H and O–H groups in total. The summed E-state index contributed by atoms with van der Waals surface area (Å²) in [6, 6.07) is 29.0. The third-order valence-corrected chi connectivity index (χ3v) is 27.8. The Morgan fingerprint density at radius 2 is 0.350 bits per heavy atom. The molecular weight excluding hydrogens is 1730 g/mol. The Morgan fingerprint density at radius 3 is 0.536 bits per heavy atom. The maximum absolute atomic E-state index is 15.8. The third-order valence-electron chi connectivity index (χ3n) is 27.8. The average molecular weight is 1940 g/mol. The number of amides is 2. The number of benzene rings is 6. The highest BCUT2D eigenvalue weighted by molar-refractivity contribution is 6.06. The van der Waals surface area contributed by atoms with Gasteiger partial charge in [0.2, 0.25) is 11.5 Å². The zero-order valence-electron chi connectivity index (χ0n) is 91.1. The van der Waals surface area contributed by atoms with Crippen LogP contribution in [0.2, 0.25) is 0 Å². The lowest BCUT2D eigenvalue weighted by atomic mass is 9.90. The summed E-state index contributed by atoms with van der Waals surface area (Å²) in [4.78, 5) is 31.7. The predicted octanol–water partition coefficient (Wildman–Crippen LogP) is 37.8. The molecule has 6 aromatic rings. The van der Waals surface area contributed by atoms with Crippen LogP contribution in [0.3, 0.4) is 0 Å². The average Bonchev–Trinajstić information content (AvgIpc) is 0.774. The summed E-state index contributed by atoms with van der Waals surface area (Å²) in [7, 11) is 0. The number of ether oxygens (including phenoxy) is 10. The van der Waals surface area contributed by atoms with Gasteiger partial charge in [0, 0.05) is 70.4 Å². The van der Waals surface area contributed by atoms with Crippen molar-refractivity contribution < 1.29 is 57.0 Å². The third kappa shape index (κ3) is 49.2. The Kier molecular flexibility index (Phi) is 67.0. The normalized spacial score (nSPS) is 11.8. The van der Waals surface area contributed by atoms with E-state index < -0.39 is 0 Å². The molecule has 6 aromatic carbocycles. The van der Waals surface area contributed by atoms with Crippen molar-refractivity contribution in [2.24, 2.45) is 0 Å². The summed E-state index contributed by atoms with van der Waals surface area (Å²) >= 11 is 0. The molecular formula is C126H202N2O12. The number of hydrogen-bond donors (Lipinski definition) is 2. The number of unbranched alkanes of at least 4 members (excludes halogenated alkanes) is 54. The van der Waals surface area contributed by atoms with Crippen molar-refractivity contribution in [3.05, 3.63) is 141 Å². The molecule has 0 fully saturated rings. The molecule has 14 nitrogen and oxygen atoms in total. The van der Waals surface area contributed by atoms with Gasteiger partial charge >= 0.3 is 0 Å². The first-order chi connectivity index (χ1) is 69.0. The van der Waals surface area contributed by atoms with E-state index in [-0.39, 0.29) is 11.8 Å². The number of carbonyl (C=O) groups excluding carboxylic acids is 2. The molecule has 14 heteroatoms. The van der Waals surface area contributed by atoms with Crippen LogP contribution in [0.5, 0.6) is 57.5 Å². The SMILES string of the molecule is CCCCCCCCCCCCOc1cc(C(=O)Nc2cc3c(OCCC)c(c2)Cc2cccc(c2OCCC)Cc2cc(NC(=O)c4cc(OCCCCCCCCCCCC)c(OCCCCCCCCCCCC)c(OCCCCCCCCCCCC)c4)cc(c2OCCC)Cc2cccc(c2OCCC)C3)cc(OCCCCCCCCCCCC)c1OCCCCCCCCCCCC. The number of rotatable bonds is 88. The highest BCUT2D eigenvalue weighted by atomic mass is 16.6. The van der Waals surface area contributed by atoms with Gasteiger partial charge in [-0.25, -0.2) is 0 Å². The Labute approximate surface area is 855 Å². The first kappa shape index (κ1) is 119. The summed E-state index contributed by atoms with van der Waals surface area (Å²) in [5.74, 6) is 5.96. The molecule has 7 rings (SSSR count). The van der Waals surface area contributed by atoms with Crippen LogP contribution in [0.4, 0.5) is 11.4 Å². The summed E-state index contributed by atoms with van der Waals surface area (Å²) in [5, 5.41) is 7.00. The number of para-hydroxylation sites is 2.